The lowest BCUT2D eigenvalue weighted by Crippen LogP contribution is -2.47. The number of hydrogen-bond acceptors (Lipinski definition) is 5. The van der Waals surface area contributed by atoms with Crippen molar-refractivity contribution in [2.45, 2.75) is 78.3 Å². The minimum Gasteiger partial charge on any atom is -0.423 e. The molecule has 5 heteroatoms. The van der Waals surface area contributed by atoms with Crippen LogP contribution in [0, 0.1) is 11.3 Å². The van der Waals surface area contributed by atoms with Gasteiger partial charge in [-0.3, -0.25) is 4.90 Å². The fourth-order valence-corrected chi connectivity index (χ4v) is 4.15. The van der Waals surface area contributed by atoms with Gasteiger partial charge in [0.1, 0.15) is 6.04 Å². The second-order valence-corrected chi connectivity index (χ2v) is 8.83. The van der Waals surface area contributed by atoms with Gasteiger partial charge in [-0.25, -0.2) is 0 Å². The van der Waals surface area contributed by atoms with Crippen molar-refractivity contribution in [3.63, 3.8) is 0 Å². The minimum atomic E-state index is 0.120. The third-order valence-corrected chi connectivity index (χ3v) is 5.80. The molecule has 24 heavy (non-hydrogen) atoms. The van der Waals surface area contributed by atoms with Crippen LogP contribution in [0.15, 0.2) is 4.42 Å². The van der Waals surface area contributed by atoms with Crippen LogP contribution in [0.25, 0.3) is 0 Å². The van der Waals surface area contributed by atoms with Crippen molar-refractivity contribution in [1.82, 2.24) is 15.1 Å². The average molecular weight is 335 g/mol. The van der Waals surface area contributed by atoms with Gasteiger partial charge in [0.15, 0.2) is 0 Å². The largest absolute Gasteiger partial charge is 0.423 e. The second kappa shape index (κ2) is 7.12. The minimum absolute atomic E-state index is 0.120. The molecule has 0 spiro atoms. The number of ether oxygens (including phenoxy) is 1. The summed E-state index contributed by atoms with van der Waals surface area (Å²) < 4.78 is 11.7. The van der Waals surface area contributed by atoms with Crippen molar-refractivity contribution in [1.29, 1.82) is 0 Å². The van der Waals surface area contributed by atoms with E-state index in [1.165, 1.54) is 25.7 Å². The van der Waals surface area contributed by atoms with E-state index in [1.54, 1.807) is 0 Å². The summed E-state index contributed by atoms with van der Waals surface area (Å²) in [6.45, 7) is 13.7. The highest BCUT2D eigenvalue weighted by molar-refractivity contribution is 4.98. The molecule has 2 aliphatic rings. The molecule has 0 amide bonds. The van der Waals surface area contributed by atoms with Crippen molar-refractivity contribution in [3.8, 4) is 0 Å². The summed E-state index contributed by atoms with van der Waals surface area (Å²) in [6, 6.07) is 0.738. The van der Waals surface area contributed by atoms with Crippen LogP contribution in [-0.2, 0) is 4.74 Å². The highest BCUT2D eigenvalue weighted by atomic mass is 16.5. The normalized spacial score (nSPS) is 30.0. The van der Waals surface area contributed by atoms with E-state index in [0.29, 0.717) is 18.1 Å². The lowest BCUT2D eigenvalue weighted by Gasteiger charge is -2.44. The van der Waals surface area contributed by atoms with Gasteiger partial charge in [0, 0.05) is 18.5 Å². The Hall–Kier alpha value is -0.940. The smallest absolute Gasteiger partial charge is 0.236 e. The van der Waals surface area contributed by atoms with E-state index in [9.17, 15) is 0 Å². The van der Waals surface area contributed by atoms with Gasteiger partial charge in [-0.15, -0.1) is 10.2 Å². The van der Waals surface area contributed by atoms with Crippen molar-refractivity contribution in [2.24, 2.45) is 11.3 Å². The van der Waals surface area contributed by atoms with Crippen LogP contribution < -0.4 is 0 Å². The molecular weight excluding hydrogens is 302 g/mol. The van der Waals surface area contributed by atoms with Crippen LogP contribution in [0.1, 0.15) is 84.0 Å². The first-order valence-corrected chi connectivity index (χ1v) is 9.53. The summed E-state index contributed by atoms with van der Waals surface area (Å²) in [5.74, 6) is 2.57. The molecule has 1 aromatic heterocycles. The quantitative estimate of drug-likeness (QED) is 0.830. The summed E-state index contributed by atoms with van der Waals surface area (Å²) in [5.41, 5.74) is 0.425. The Kier molecular flexibility index (Phi) is 5.30. The first-order valence-electron chi connectivity index (χ1n) is 9.53. The molecule has 1 aromatic rings. The van der Waals surface area contributed by atoms with Gasteiger partial charge in [-0.05, 0) is 37.0 Å². The highest BCUT2D eigenvalue weighted by Gasteiger charge is 2.38. The van der Waals surface area contributed by atoms with Crippen LogP contribution in [0.4, 0.5) is 0 Å². The first-order chi connectivity index (χ1) is 11.4. The lowest BCUT2D eigenvalue weighted by atomic mass is 9.71. The topological polar surface area (TPSA) is 51.4 Å². The third kappa shape index (κ3) is 3.83. The molecule has 0 radical (unpaired) electrons. The summed E-state index contributed by atoms with van der Waals surface area (Å²) >= 11 is 0. The predicted octanol–water partition coefficient (Wildman–Crippen LogP) is 4.17. The van der Waals surface area contributed by atoms with Crippen molar-refractivity contribution < 1.29 is 9.15 Å². The van der Waals surface area contributed by atoms with Gasteiger partial charge >= 0.3 is 0 Å². The Labute approximate surface area is 146 Å². The number of aromatic nitrogens is 2. The zero-order valence-electron chi connectivity index (χ0n) is 15.9. The van der Waals surface area contributed by atoms with Crippen molar-refractivity contribution in [2.75, 3.05) is 19.8 Å². The van der Waals surface area contributed by atoms with Gasteiger partial charge in [-0.2, -0.15) is 0 Å². The predicted molar refractivity (Wildman–Crippen MR) is 93.9 cm³/mol. The van der Waals surface area contributed by atoms with Gasteiger partial charge in [-0.1, -0.05) is 34.6 Å². The maximum absolute atomic E-state index is 5.94. The Morgan fingerprint density at radius 1 is 1.08 bits per heavy atom. The molecule has 0 aromatic carbocycles. The number of hydrogen-bond donors (Lipinski definition) is 0. The van der Waals surface area contributed by atoms with Gasteiger partial charge in [0.2, 0.25) is 11.8 Å². The molecule has 136 valence electrons. The highest BCUT2D eigenvalue weighted by Crippen LogP contribution is 2.41. The molecule has 5 nitrogen and oxygen atoms in total. The molecular formula is C19H33N3O2. The molecule has 1 aliphatic heterocycles. The summed E-state index contributed by atoms with van der Waals surface area (Å²) in [7, 11) is 0. The van der Waals surface area contributed by atoms with E-state index < -0.39 is 0 Å². The Morgan fingerprint density at radius 2 is 1.79 bits per heavy atom. The van der Waals surface area contributed by atoms with E-state index in [1.807, 2.05) is 0 Å². The van der Waals surface area contributed by atoms with Gasteiger partial charge < -0.3 is 9.15 Å². The van der Waals surface area contributed by atoms with Crippen LogP contribution in [-0.4, -0.2) is 40.9 Å². The average Bonchev–Trinajstić information content (AvgIpc) is 3.04. The maximum atomic E-state index is 5.94. The standard InChI is InChI=1S/C19H33N3O2/c1-13(2)17-20-21-18(24-17)16-12-23-11-10-22(16)15-8-6-14(7-9-15)19(3,4)5/h13-16H,6-12H2,1-5H3. The zero-order valence-corrected chi connectivity index (χ0v) is 15.9. The van der Waals surface area contributed by atoms with E-state index >= 15 is 0 Å². The monoisotopic (exact) mass is 335 g/mol. The zero-order chi connectivity index (χ0) is 17.3. The molecule has 0 bridgehead atoms. The Balaban J connectivity index is 1.69. The third-order valence-electron chi connectivity index (χ3n) is 5.80. The van der Waals surface area contributed by atoms with Crippen LogP contribution in [0.3, 0.4) is 0 Å². The first kappa shape index (κ1) is 17.9. The van der Waals surface area contributed by atoms with Crippen LogP contribution in [0.2, 0.25) is 0 Å². The van der Waals surface area contributed by atoms with Crippen LogP contribution in [0.5, 0.6) is 0 Å². The van der Waals surface area contributed by atoms with E-state index in [-0.39, 0.29) is 12.0 Å². The van der Waals surface area contributed by atoms with Gasteiger partial charge in [0.05, 0.1) is 13.2 Å². The molecule has 3 rings (SSSR count). The fraction of sp³-hybridized carbons (Fsp3) is 0.895. The molecule has 1 unspecified atom stereocenters. The second-order valence-electron chi connectivity index (χ2n) is 8.83. The molecule has 0 N–H and O–H groups in total. The van der Waals surface area contributed by atoms with Gasteiger partial charge in [0.25, 0.3) is 0 Å². The summed E-state index contributed by atoms with van der Waals surface area (Å²) in [5, 5.41) is 8.54. The molecule has 1 saturated carbocycles. The Morgan fingerprint density at radius 3 is 2.38 bits per heavy atom. The van der Waals surface area contributed by atoms with Crippen molar-refractivity contribution >= 4 is 0 Å². The van der Waals surface area contributed by atoms with E-state index in [0.717, 1.165) is 30.9 Å². The van der Waals surface area contributed by atoms with Crippen LogP contribution >= 0.6 is 0 Å². The maximum Gasteiger partial charge on any atom is 0.236 e. The number of rotatable bonds is 3. The lowest BCUT2D eigenvalue weighted by molar-refractivity contribution is -0.0524. The molecule has 1 aliphatic carbocycles. The molecule has 2 fully saturated rings. The van der Waals surface area contributed by atoms with E-state index in [4.69, 9.17) is 9.15 Å². The number of nitrogens with zero attached hydrogens (tertiary/aromatic N) is 3. The summed E-state index contributed by atoms with van der Waals surface area (Å²) in [6.07, 6.45) is 5.17. The van der Waals surface area contributed by atoms with Crippen molar-refractivity contribution in [3.05, 3.63) is 11.8 Å². The fourth-order valence-electron chi connectivity index (χ4n) is 4.15. The Bertz CT molecular complexity index is 527. The SMILES string of the molecule is CC(C)c1nnc(C2COCCN2C2CCC(C(C)(C)C)CC2)o1. The number of morpholine rings is 1. The summed E-state index contributed by atoms with van der Waals surface area (Å²) in [4.78, 5) is 2.57. The molecule has 2 heterocycles. The van der Waals surface area contributed by atoms with E-state index in [2.05, 4.69) is 49.7 Å². The molecule has 1 atom stereocenters. The molecule has 1 saturated heterocycles.